The van der Waals surface area contributed by atoms with Gasteiger partial charge in [0.05, 0.1) is 6.10 Å². The zero-order chi connectivity index (χ0) is 30.8. The van der Waals surface area contributed by atoms with E-state index in [0.717, 1.165) is 32.1 Å². The van der Waals surface area contributed by atoms with Crippen LogP contribution in [0.3, 0.4) is 0 Å². The van der Waals surface area contributed by atoms with Crippen molar-refractivity contribution in [2.24, 2.45) is 51.2 Å². The highest BCUT2D eigenvalue weighted by Crippen LogP contribution is 2.61. The summed E-state index contributed by atoms with van der Waals surface area (Å²) >= 11 is 0. The van der Waals surface area contributed by atoms with Crippen LogP contribution in [0.4, 0.5) is 0 Å². The van der Waals surface area contributed by atoms with E-state index in [9.17, 15) is 5.11 Å². The molecule has 1 heteroatoms. The molecule has 0 aromatic carbocycles. The molecule has 0 fully saturated rings. The summed E-state index contributed by atoms with van der Waals surface area (Å²) in [7, 11) is 0. The molecule has 1 rings (SSSR count). The Morgan fingerprint density at radius 3 is 1.97 bits per heavy atom. The topological polar surface area (TPSA) is 20.2 Å². The Hall–Kier alpha value is -0.740. The number of allylic oxidation sites excluding steroid dienone is 2. The van der Waals surface area contributed by atoms with Crippen molar-refractivity contribution in [2.75, 3.05) is 0 Å². The quantitative estimate of drug-likeness (QED) is 0.202. The fourth-order valence-corrected chi connectivity index (χ4v) is 7.66. The Labute approximate surface area is 247 Å². The standard InChI is InChI=1S/C36H66O.C2H6/c1-15-18-24-36(16-2,17-3)35(14,27(6)7)32-22-21-30(10)34(13,25-23-31(37)26(4)5)29(9)20-19-28(8)33(32,11)12;1-2/h2,22,26-31,37H,15,17-21,23-25H2,1,3-14H3;1-2H3/b32-22+;. The van der Waals surface area contributed by atoms with Gasteiger partial charge in [0.1, 0.15) is 0 Å². The maximum Gasteiger partial charge on any atom is 0.0563 e. The Bertz CT molecular complexity index is 766. The molecule has 7 unspecified atom stereocenters. The van der Waals surface area contributed by atoms with Gasteiger partial charge in [-0.3, -0.25) is 0 Å². The van der Waals surface area contributed by atoms with Crippen LogP contribution in [0.1, 0.15) is 162 Å². The summed E-state index contributed by atoms with van der Waals surface area (Å²) in [5.41, 5.74) is 1.72. The van der Waals surface area contributed by atoms with E-state index >= 15 is 0 Å². The van der Waals surface area contributed by atoms with Gasteiger partial charge in [-0.2, -0.15) is 0 Å². The number of unbranched alkanes of at least 4 members (excludes halogenated alkanes) is 1. The van der Waals surface area contributed by atoms with Gasteiger partial charge in [-0.25, -0.2) is 0 Å². The van der Waals surface area contributed by atoms with Gasteiger partial charge in [-0.15, -0.1) is 6.42 Å². The van der Waals surface area contributed by atoms with Gasteiger partial charge in [-0.05, 0) is 85.4 Å². The summed E-state index contributed by atoms with van der Waals surface area (Å²) in [6, 6.07) is 0. The second-order valence-electron chi connectivity index (χ2n) is 14.8. The van der Waals surface area contributed by atoms with Gasteiger partial charge in [0.2, 0.25) is 0 Å². The summed E-state index contributed by atoms with van der Waals surface area (Å²) in [5, 5.41) is 10.7. The van der Waals surface area contributed by atoms with Gasteiger partial charge < -0.3 is 5.11 Å². The average Bonchev–Trinajstić information content (AvgIpc) is 2.90. The maximum atomic E-state index is 10.7. The minimum absolute atomic E-state index is 0.0573. The molecule has 39 heavy (non-hydrogen) atoms. The Balaban J connectivity index is 0.00000704. The largest absolute Gasteiger partial charge is 0.393 e. The SMILES string of the molecule is C#CC(CC)(CCCC)C(C)(/C1=C/CC(C)C(C)(CCC(O)C(C)C)C(C)CCC(C)C1(C)C)C(C)C.CC. The molecule has 0 amide bonds. The molecule has 1 aliphatic carbocycles. The molecule has 0 aromatic rings. The van der Waals surface area contributed by atoms with E-state index in [0.29, 0.717) is 29.6 Å². The molecule has 0 spiro atoms. The Morgan fingerprint density at radius 2 is 1.54 bits per heavy atom. The predicted octanol–water partition coefficient (Wildman–Crippen LogP) is 11.7. The van der Waals surface area contributed by atoms with E-state index < -0.39 is 0 Å². The van der Waals surface area contributed by atoms with E-state index in [4.69, 9.17) is 6.42 Å². The molecule has 0 saturated carbocycles. The van der Waals surface area contributed by atoms with E-state index in [1.165, 1.54) is 25.7 Å². The monoisotopic (exact) mass is 545 g/mol. The number of aliphatic hydroxyl groups excluding tert-OH is 1. The van der Waals surface area contributed by atoms with Crippen LogP contribution in [0.15, 0.2) is 11.6 Å². The molecule has 1 aliphatic rings. The van der Waals surface area contributed by atoms with E-state index in [-0.39, 0.29) is 27.8 Å². The van der Waals surface area contributed by atoms with E-state index in [2.05, 4.69) is 102 Å². The highest BCUT2D eigenvalue weighted by Gasteiger charge is 2.54. The molecule has 0 aromatic heterocycles. The molecule has 0 radical (unpaired) electrons. The van der Waals surface area contributed by atoms with Crippen LogP contribution in [0.25, 0.3) is 0 Å². The van der Waals surface area contributed by atoms with Crippen molar-refractivity contribution in [1.82, 2.24) is 0 Å². The van der Waals surface area contributed by atoms with E-state index in [1.807, 2.05) is 13.8 Å². The van der Waals surface area contributed by atoms with Crippen molar-refractivity contribution in [3.05, 3.63) is 11.6 Å². The number of terminal acetylenes is 1. The van der Waals surface area contributed by atoms with Crippen molar-refractivity contribution in [1.29, 1.82) is 0 Å². The minimum atomic E-state index is -0.209. The number of hydrogen-bond acceptors (Lipinski definition) is 1. The van der Waals surface area contributed by atoms with Gasteiger partial charge in [0.15, 0.2) is 0 Å². The molecule has 1 N–H and O–H groups in total. The first-order valence-electron chi connectivity index (χ1n) is 16.9. The van der Waals surface area contributed by atoms with Crippen LogP contribution in [0.5, 0.6) is 0 Å². The van der Waals surface area contributed by atoms with Gasteiger partial charge in [0, 0.05) is 10.8 Å². The van der Waals surface area contributed by atoms with Gasteiger partial charge in [0.25, 0.3) is 0 Å². The Morgan fingerprint density at radius 1 is 1.00 bits per heavy atom. The van der Waals surface area contributed by atoms with Crippen LogP contribution in [-0.4, -0.2) is 11.2 Å². The summed E-state index contributed by atoms with van der Waals surface area (Å²) < 4.78 is 0. The van der Waals surface area contributed by atoms with Crippen LogP contribution in [-0.2, 0) is 0 Å². The molecule has 0 saturated heterocycles. The molecule has 0 aliphatic heterocycles. The smallest absolute Gasteiger partial charge is 0.0563 e. The number of aliphatic hydroxyl groups is 1. The maximum absolute atomic E-state index is 10.7. The van der Waals surface area contributed by atoms with Crippen LogP contribution >= 0.6 is 0 Å². The van der Waals surface area contributed by atoms with E-state index in [1.54, 1.807) is 5.57 Å². The molecule has 0 bridgehead atoms. The van der Waals surface area contributed by atoms with Crippen molar-refractivity contribution >= 4 is 0 Å². The predicted molar refractivity (Wildman–Crippen MR) is 177 cm³/mol. The third kappa shape index (κ3) is 8.18. The molecule has 7 atom stereocenters. The molecular formula is C38H72O. The second kappa shape index (κ2) is 16.0. The van der Waals surface area contributed by atoms with Crippen LogP contribution < -0.4 is 0 Å². The fraction of sp³-hybridized carbons (Fsp3) is 0.895. The third-order valence-electron chi connectivity index (χ3n) is 12.2. The average molecular weight is 545 g/mol. The summed E-state index contributed by atoms with van der Waals surface area (Å²) in [4.78, 5) is 0. The normalized spacial score (nSPS) is 31.1. The Kier molecular flexibility index (Phi) is 15.7. The zero-order valence-corrected chi connectivity index (χ0v) is 29.4. The van der Waals surface area contributed by atoms with Crippen molar-refractivity contribution < 1.29 is 5.11 Å². The first kappa shape index (κ1) is 38.3. The van der Waals surface area contributed by atoms with Crippen molar-refractivity contribution in [3.63, 3.8) is 0 Å². The highest BCUT2D eigenvalue weighted by atomic mass is 16.3. The lowest BCUT2D eigenvalue weighted by Gasteiger charge is -2.56. The van der Waals surface area contributed by atoms with Gasteiger partial charge >= 0.3 is 0 Å². The lowest BCUT2D eigenvalue weighted by atomic mass is 9.47. The lowest BCUT2D eigenvalue weighted by Crippen LogP contribution is -2.49. The molecule has 1 nitrogen and oxygen atoms in total. The molecule has 0 heterocycles. The van der Waals surface area contributed by atoms with Crippen LogP contribution in [0.2, 0.25) is 0 Å². The van der Waals surface area contributed by atoms with Crippen molar-refractivity contribution in [3.8, 4) is 12.3 Å². The van der Waals surface area contributed by atoms with Crippen molar-refractivity contribution in [2.45, 2.75) is 168 Å². The summed E-state index contributed by atoms with van der Waals surface area (Å²) in [6.07, 6.45) is 19.0. The summed E-state index contributed by atoms with van der Waals surface area (Å²) in [5.74, 6) is 5.99. The van der Waals surface area contributed by atoms with Crippen LogP contribution in [0, 0.1) is 63.6 Å². The summed E-state index contributed by atoms with van der Waals surface area (Å²) in [6.45, 7) is 35.2. The van der Waals surface area contributed by atoms with Gasteiger partial charge in [-0.1, -0.05) is 134 Å². The lowest BCUT2D eigenvalue weighted by molar-refractivity contribution is 0.0284. The fourth-order valence-electron chi connectivity index (χ4n) is 7.66. The first-order valence-corrected chi connectivity index (χ1v) is 16.9. The minimum Gasteiger partial charge on any atom is -0.393 e. The first-order chi connectivity index (χ1) is 18.0. The highest BCUT2D eigenvalue weighted by molar-refractivity contribution is 5.32. The molecular weight excluding hydrogens is 472 g/mol. The third-order valence-corrected chi connectivity index (χ3v) is 12.2. The number of rotatable bonds is 11. The molecule has 230 valence electrons. The second-order valence-corrected chi connectivity index (χ2v) is 14.8. The number of hydrogen-bond donors (Lipinski definition) is 1. The zero-order valence-electron chi connectivity index (χ0n) is 29.4.